The number of urea groups is 2. The quantitative estimate of drug-likeness (QED) is 0.815. The summed E-state index contributed by atoms with van der Waals surface area (Å²) in [5.74, 6) is -1.10. The molecule has 148 valence electrons. The van der Waals surface area contributed by atoms with Gasteiger partial charge in [-0.3, -0.25) is 4.90 Å². The molecule has 3 rings (SSSR count). The summed E-state index contributed by atoms with van der Waals surface area (Å²) in [4.78, 5) is 27.9. The average Bonchev–Trinajstić information content (AvgIpc) is 2.67. The molecule has 0 radical (unpaired) electrons. The van der Waals surface area contributed by atoms with Crippen LogP contribution in [0.2, 0.25) is 0 Å². The van der Waals surface area contributed by atoms with Gasteiger partial charge in [-0.1, -0.05) is 12.1 Å². The first-order valence-electron chi connectivity index (χ1n) is 9.14. The number of rotatable bonds is 5. The molecule has 6 nitrogen and oxygen atoms in total. The zero-order valence-corrected chi connectivity index (χ0v) is 15.5. The lowest BCUT2D eigenvalue weighted by Crippen LogP contribution is -2.49. The molecule has 0 unspecified atom stereocenters. The van der Waals surface area contributed by atoms with Crippen LogP contribution in [0.1, 0.15) is 18.9 Å². The molecule has 2 aromatic rings. The second-order valence-electron chi connectivity index (χ2n) is 6.45. The SMILES string of the molecule is CCNC(=O)Nc1ccccc1N1CCCN(Cc2cc(F)ccc2F)C1=O. The fraction of sp³-hybridized carbons (Fsp3) is 0.300. The Balaban J connectivity index is 1.81. The zero-order valence-electron chi connectivity index (χ0n) is 15.5. The second-order valence-corrected chi connectivity index (χ2v) is 6.45. The largest absolute Gasteiger partial charge is 0.338 e. The van der Waals surface area contributed by atoms with Crippen molar-refractivity contribution in [3.8, 4) is 0 Å². The molecule has 1 aliphatic heterocycles. The molecule has 1 heterocycles. The lowest BCUT2D eigenvalue weighted by atomic mass is 10.1. The summed E-state index contributed by atoms with van der Waals surface area (Å²) < 4.78 is 27.4. The normalized spacial score (nSPS) is 14.2. The van der Waals surface area contributed by atoms with Crippen molar-refractivity contribution < 1.29 is 18.4 Å². The molecular weight excluding hydrogens is 366 g/mol. The van der Waals surface area contributed by atoms with Gasteiger partial charge in [-0.2, -0.15) is 0 Å². The first-order chi connectivity index (χ1) is 13.5. The summed E-state index contributed by atoms with van der Waals surface area (Å²) in [6.07, 6.45) is 0.665. The number of carbonyl (C=O) groups is 2. The number of nitrogens with one attached hydrogen (secondary N) is 2. The number of carbonyl (C=O) groups excluding carboxylic acids is 2. The van der Waals surface area contributed by atoms with Gasteiger partial charge < -0.3 is 15.5 Å². The van der Waals surface area contributed by atoms with Gasteiger partial charge in [0.15, 0.2) is 0 Å². The second kappa shape index (κ2) is 8.69. The molecule has 0 atom stereocenters. The van der Waals surface area contributed by atoms with Gasteiger partial charge in [0.05, 0.1) is 17.9 Å². The summed E-state index contributed by atoms with van der Waals surface area (Å²) in [7, 11) is 0. The van der Waals surface area contributed by atoms with Crippen molar-refractivity contribution in [2.75, 3.05) is 29.9 Å². The summed E-state index contributed by atoms with van der Waals surface area (Å²) in [6, 6.07) is 9.52. The molecular formula is C20H22F2N4O2. The van der Waals surface area contributed by atoms with E-state index in [-0.39, 0.29) is 24.2 Å². The van der Waals surface area contributed by atoms with Crippen molar-refractivity contribution in [1.82, 2.24) is 10.2 Å². The number of anilines is 2. The lowest BCUT2D eigenvalue weighted by Gasteiger charge is -2.36. The van der Waals surface area contributed by atoms with Gasteiger partial charge in [0, 0.05) is 25.2 Å². The molecule has 1 aliphatic rings. The molecule has 28 heavy (non-hydrogen) atoms. The number of amides is 4. The maximum atomic E-state index is 14.0. The Hall–Kier alpha value is -3.16. The first kappa shape index (κ1) is 19.6. The Kier molecular flexibility index (Phi) is 6.08. The van der Waals surface area contributed by atoms with E-state index in [1.165, 1.54) is 4.90 Å². The molecule has 1 fully saturated rings. The lowest BCUT2D eigenvalue weighted by molar-refractivity contribution is 0.191. The minimum absolute atomic E-state index is 0.0230. The third-order valence-electron chi connectivity index (χ3n) is 4.46. The number of nitrogens with zero attached hydrogens (tertiary/aromatic N) is 2. The predicted octanol–water partition coefficient (Wildman–Crippen LogP) is 3.94. The van der Waals surface area contributed by atoms with Gasteiger partial charge in [-0.05, 0) is 43.7 Å². The van der Waals surface area contributed by atoms with Gasteiger partial charge in [0.25, 0.3) is 0 Å². The summed E-state index contributed by atoms with van der Waals surface area (Å²) in [5, 5.41) is 5.39. The van der Waals surface area contributed by atoms with Crippen LogP contribution < -0.4 is 15.5 Å². The highest BCUT2D eigenvalue weighted by Gasteiger charge is 2.29. The van der Waals surface area contributed by atoms with Gasteiger partial charge >= 0.3 is 12.1 Å². The Bertz CT molecular complexity index is 875. The highest BCUT2D eigenvalue weighted by Crippen LogP contribution is 2.29. The van der Waals surface area contributed by atoms with Crippen LogP contribution >= 0.6 is 0 Å². The first-order valence-corrected chi connectivity index (χ1v) is 9.14. The van der Waals surface area contributed by atoms with Crippen LogP contribution in [0.15, 0.2) is 42.5 Å². The van der Waals surface area contributed by atoms with E-state index in [0.29, 0.717) is 37.4 Å². The molecule has 4 amide bonds. The Labute approximate surface area is 162 Å². The summed E-state index contributed by atoms with van der Waals surface area (Å²) in [5.41, 5.74) is 1.19. The van der Waals surface area contributed by atoms with Gasteiger partial charge in [0.1, 0.15) is 11.6 Å². The third-order valence-corrected chi connectivity index (χ3v) is 4.46. The number of benzene rings is 2. The van der Waals surface area contributed by atoms with Crippen LogP contribution in [0.4, 0.5) is 29.7 Å². The van der Waals surface area contributed by atoms with Crippen molar-refractivity contribution in [2.45, 2.75) is 19.9 Å². The van der Waals surface area contributed by atoms with E-state index in [0.717, 1.165) is 18.2 Å². The maximum Gasteiger partial charge on any atom is 0.324 e. The number of halogens is 2. The van der Waals surface area contributed by atoms with Gasteiger partial charge in [0.2, 0.25) is 0 Å². The number of para-hydroxylation sites is 2. The summed E-state index contributed by atoms with van der Waals surface area (Å²) >= 11 is 0. The van der Waals surface area contributed by atoms with Crippen LogP contribution in [0.25, 0.3) is 0 Å². The zero-order chi connectivity index (χ0) is 20.1. The van der Waals surface area contributed by atoms with E-state index < -0.39 is 11.6 Å². The van der Waals surface area contributed by atoms with Crippen molar-refractivity contribution in [3.63, 3.8) is 0 Å². The molecule has 8 heteroatoms. The standard InChI is InChI=1S/C20H22F2N4O2/c1-2-23-19(27)24-17-6-3-4-7-18(17)26-11-5-10-25(20(26)28)13-14-12-15(21)8-9-16(14)22/h3-4,6-9,12H,2,5,10-11,13H2,1H3,(H2,23,24,27). The third kappa shape index (κ3) is 4.39. The molecule has 2 N–H and O–H groups in total. The fourth-order valence-corrected chi connectivity index (χ4v) is 3.16. The highest BCUT2D eigenvalue weighted by atomic mass is 19.1. The van der Waals surface area contributed by atoms with Crippen LogP contribution in [0.3, 0.4) is 0 Å². The topological polar surface area (TPSA) is 64.7 Å². The van der Waals surface area contributed by atoms with Crippen molar-refractivity contribution in [1.29, 1.82) is 0 Å². The highest BCUT2D eigenvalue weighted by molar-refractivity contribution is 6.00. The molecule has 0 saturated carbocycles. The molecule has 0 bridgehead atoms. The minimum Gasteiger partial charge on any atom is -0.338 e. The Morgan fingerprint density at radius 2 is 1.93 bits per heavy atom. The van der Waals surface area contributed by atoms with E-state index in [4.69, 9.17) is 0 Å². The van der Waals surface area contributed by atoms with Crippen LogP contribution in [-0.2, 0) is 6.54 Å². The molecule has 2 aromatic carbocycles. The van der Waals surface area contributed by atoms with Crippen molar-refractivity contribution >= 4 is 23.4 Å². The molecule has 0 spiro atoms. The summed E-state index contributed by atoms with van der Waals surface area (Å²) in [6.45, 7) is 3.17. The van der Waals surface area contributed by atoms with Gasteiger partial charge in [-0.15, -0.1) is 0 Å². The Morgan fingerprint density at radius 1 is 1.14 bits per heavy atom. The average molecular weight is 388 g/mol. The fourth-order valence-electron chi connectivity index (χ4n) is 3.16. The molecule has 0 aromatic heterocycles. The van der Waals surface area contributed by atoms with Gasteiger partial charge in [-0.25, -0.2) is 18.4 Å². The number of hydrogen-bond acceptors (Lipinski definition) is 2. The van der Waals surface area contributed by atoms with Crippen LogP contribution in [0, 0.1) is 11.6 Å². The van der Waals surface area contributed by atoms with Crippen molar-refractivity contribution in [3.05, 3.63) is 59.7 Å². The van der Waals surface area contributed by atoms with E-state index >= 15 is 0 Å². The van der Waals surface area contributed by atoms with E-state index in [9.17, 15) is 18.4 Å². The van der Waals surface area contributed by atoms with Crippen molar-refractivity contribution in [2.24, 2.45) is 0 Å². The number of hydrogen-bond donors (Lipinski definition) is 2. The monoisotopic (exact) mass is 388 g/mol. The van der Waals surface area contributed by atoms with E-state index in [1.54, 1.807) is 29.2 Å². The Morgan fingerprint density at radius 3 is 2.71 bits per heavy atom. The molecule has 1 saturated heterocycles. The minimum atomic E-state index is -0.551. The van der Waals surface area contributed by atoms with E-state index in [1.807, 2.05) is 6.92 Å². The smallest absolute Gasteiger partial charge is 0.324 e. The molecule has 0 aliphatic carbocycles. The van der Waals surface area contributed by atoms with Crippen LogP contribution in [0.5, 0.6) is 0 Å². The van der Waals surface area contributed by atoms with E-state index in [2.05, 4.69) is 10.6 Å². The van der Waals surface area contributed by atoms with Crippen LogP contribution in [-0.4, -0.2) is 36.6 Å². The predicted molar refractivity (Wildman–Crippen MR) is 103 cm³/mol. The maximum absolute atomic E-state index is 14.0.